The Labute approximate surface area is 129 Å². The highest BCUT2D eigenvalue weighted by Gasteiger charge is 2.11. The first-order chi connectivity index (χ1) is 10.7. The first-order valence-corrected chi connectivity index (χ1v) is 6.69. The second-order valence-corrected chi connectivity index (χ2v) is 4.53. The summed E-state index contributed by atoms with van der Waals surface area (Å²) < 4.78 is 20.6. The summed E-state index contributed by atoms with van der Waals surface area (Å²) in [6, 6.07) is 12.2. The molecule has 0 saturated heterocycles. The molecule has 0 aromatic heterocycles. The maximum Gasteiger partial charge on any atom is 0.338 e. The third kappa shape index (κ3) is 3.91. The van der Waals surface area contributed by atoms with E-state index in [0.29, 0.717) is 17.1 Å². The number of benzene rings is 2. The normalized spacial score (nSPS) is 9.95. The molecule has 0 bridgehead atoms. The van der Waals surface area contributed by atoms with E-state index < -0.39 is 5.97 Å². The molecule has 0 aliphatic carbocycles. The van der Waals surface area contributed by atoms with Crippen molar-refractivity contribution in [1.29, 1.82) is 0 Å². The Balaban J connectivity index is 2.05. The van der Waals surface area contributed by atoms with E-state index in [1.165, 1.54) is 14.2 Å². The van der Waals surface area contributed by atoms with Crippen molar-refractivity contribution in [3.63, 3.8) is 0 Å². The van der Waals surface area contributed by atoms with Crippen LogP contribution in [-0.2, 0) is 11.3 Å². The van der Waals surface area contributed by atoms with Gasteiger partial charge in [-0.05, 0) is 29.8 Å². The Hall–Kier alpha value is -2.69. The van der Waals surface area contributed by atoms with E-state index in [0.717, 1.165) is 11.3 Å². The molecule has 2 rings (SSSR count). The fourth-order valence-electron chi connectivity index (χ4n) is 1.88. The van der Waals surface area contributed by atoms with E-state index in [9.17, 15) is 4.79 Å². The zero-order chi connectivity index (χ0) is 15.9. The van der Waals surface area contributed by atoms with Crippen LogP contribution in [0.1, 0.15) is 15.9 Å². The number of esters is 1. The van der Waals surface area contributed by atoms with Crippen molar-refractivity contribution in [2.24, 2.45) is 0 Å². The highest BCUT2D eigenvalue weighted by Crippen LogP contribution is 2.23. The first kappa shape index (κ1) is 15.7. The summed E-state index contributed by atoms with van der Waals surface area (Å²) >= 11 is 0. The van der Waals surface area contributed by atoms with Crippen molar-refractivity contribution in [1.82, 2.24) is 0 Å². The standard InChI is InChI=1S/C17H18O5/c1-19-14-6-4-12(5-7-14)11-22-17(18)13-8-15(20-2)10-16(9-13)21-3/h4-10H,11H2,1-3H3. The number of methoxy groups -OCH3 is 3. The lowest BCUT2D eigenvalue weighted by Gasteiger charge is -2.09. The summed E-state index contributed by atoms with van der Waals surface area (Å²) in [6.45, 7) is 0.183. The van der Waals surface area contributed by atoms with E-state index in [1.54, 1.807) is 25.3 Å². The minimum atomic E-state index is -0.437. The monoisotopic (exact) mass is 302 g/mol. The van der Waals surface area contributed by atoms with Crippen LogP contribution in [0.3, 0.4) is 0 Å². The second-order valence-electron chi connectivity index (χ2n) is 4.53. The topological polar surface area (TPSA) is 54.0 Å². The van der Waals surface area contributed by atoms with Gasteiger partial charge in [0.25, 0.3) is 0 Å². The predicted octanol–water partition coefficient (Wildman–Crippen LogP) is 3.07. The second kappa shape index (κ2) is 7.36. The Morgan fingerprint density at radius 3 is 1.86 bits per heavy atom. The molecular weight excluding hydrogens is 284 g/mol. The molecule has 116 valence electrons. The van der Waals surface area contributed by atoms with Crippen LogP contribution in [0.15, 0.2) is 42.5 Å². The quantitative estimate of drug-likeness (QED) is 0.768. The van der Waals surface area contributed by atoms with E-state index in [1.807, 2.05) is 24.3 Å². The minimum absolute atomic E-state index is 0.183. The molecule has 0 spiro atoms. The Morgan fingerprint density at radius 1 is 0.818 bits per heavy atom. The van der Waals surface area contributed by atoms with Gasteiger partial charge in [0, 0.05) is 6.07 Å². The summed E-state index contributed by atoms with van der Waals surface area (Å²) in [6.07, 6.45) is 0. The molecule has 0 fully saturated rings. The molecule has 2 aromatic carbocycles. The van der Waals surface area contributed by atoms with Crippen molar-refractivity contribution in [2.75, 3.05) is 21.3 Å². The third-order valence-electron chi connectivity index (χ3n) is 3.12. The number of hydrogen-bond donors (Lipinski definition) is 0. The summed E-state index contributed by atoms with van der Waals surface area (Å²) in [5, 5.41) is 0. The third-order valence-corrected chi connectivity index (χ3v) is 3.12. The lowest BCUT2D eigenvalue weighted by molar-refractivity contribution is 0.0472. The van der Waals surface area contributed by atoms with Crippen LogP contribution < -0.4 is 14.2 Å². The summed E-state index contributed by atoms with van der Waals surface area (Å²) in [7, 11) is 4.66. The van der Waals surface area contributed by atoms with Crippen LogP contribution in [0, 0.1) is 0 Å². The minimum Gasteiger partial charge on any atom is -0.497 e. The Kier molecular flexibility index (Phi) is 5.25. The average molecular weight is 302 g/mol. The van der Waals surface area contributed by atoms with Crippen LogP contribution in [0.5, 0.6) is 17.2 Å². The maximum absolute atomic E-state index is 12.1. The fraction of sp³-hybridized carbons (Fsp3) is 0.235. The van der Waals surface area contributed by atoms with Gasteiger partial charge in [-0.1, -0.05) is 12.1 Å². The molecule has 0 radical (unpaired) electrons. The molecule has 0 aliphatic rings. The smallest absolute Gasteiger partial charge is 0.338 e. The average Bonchev–Trinajstić information content (AvgIpc) is 2.59. The molecule has 0 heterocycles. The molecule has 0 unspecified atom stereocenters. The van der Waals surface area contributed by atoms with Gasteiger partial charge in [0.1, 0.15) is 23.9 Å². The van der Waals surface area contributed by atoms with Crippen LogP contribution in [-0.4, -0.2) is 27.3 Å². The van der Waals surface area contributed by atoms with Crippen LogP contribution in [0.2, 0.25) is 0 Å². The molecule has 0 N–H and O–H groups in total. The van der Waals surface area contributed by atoms with Gasteiger partial charge < -0.3 is 18.9 Å². The lowest BCUT2D eigenvalue weighted by atomic mass is 10.2. The number of carbonyl (C=O) groups excluding carboxylic acids is 1. The molecule has 0 aliphatic heterocycles. The van der Waals surface area contributed by atoms with E-state index in [4.69, 9.17) is 18.9 Å². The molecule has 5 nitrogen and oxygen atoms in total. The molecule has 22 heavy (non-hydrogen) atoms. The van der Waals surface area contributed by atoms with Crippen molar-refractivity contribution in [3.8, 4) is 17.2 Å². The van der Waals surface area contributed by atoms with Crippen LogP contribution in [0.25, 0.3) is 0 Å². The highest BCUT2D eigenvalue weighted by atomic mass is 16.5. The molecule has 2 aromatic rings. The SMILES string of the molecule is COc1ccc(COC(=O)c2cc(OC)cc(OC)c2)cc1. The highest BCUT2D eigenvalue weighted by molar-refractivity contribution is 5.90. The molecule has 0 saturated carbocycles. The fourth-order valence-corrected chi connectivity index (χ4v) is 1.88. The summed E-state index contributed by atoms with van der Waals surface area (Å²) in [5.74, 6) is 1.40. The van der Waals surface area contributed by atoms with Gasteiger partial charge in [-0.15, -0.1) is 0 Å². The van der Waals surface area contributed by atoms with Gasteiger partial charge in [0.15, 0.2) is 0 Å². The number of ether oxygens (including phenoxy) is 4. The van der Waals surface area contributed by atoms with Gasteiger partial charge in [0.05, 0.1) is 26.9 Å². The lowest BCUT2D eigenvalue weighted by Crippen LogP contribution is -2.06. The predicted molar refractivity (Wildman–Crippen MR) is 81.7 cm³/mol. The number of carbonyl (C=O) groups is 1. The van der Waals surface area contributed by atoms with Crippen molar-refractivity contribution < 1.29 is 23.7 Å². The van der Waals surface area contributed by atoms with Gasteiger partial charge in [-0.3, -0.25) is 0 Å². The van der Waals surface area contributed by atoms with E-state index in [2.05, 4.69) is 0 Å². The van der Waals surface area contributed by atoms with Crippen LogP contribution >= 0.6 is 0 Å². The van der Waals surface area contributed by atoms with Gasteiger partial charge in [0.2, 0.25) is 0 Å². The van der Waals surface area contributed by atoms with E-state index in [-0.39, 0.29) is 6.61 Å². The molecule has 5 heteroatoms. The number of hydrogen-bond acceptors (Lipinski definition) is 5. The maximum atomic E-state index is 12.1. The zero-order valence-corrected chi connectivity index (χ0v) is 12.8. The van der Waals surface area contributed by atoms with Gasteiger partial charge >= 0.3 is 5.97 Å². The Bertz CT molecular complexity index is 612. The van der Waals surface area contributed by atoms with Crippen molar-refractivity contribution in [3.05, 3.63) is 53.6 Å². The van der Waals surface area contributed by atoms with E-state index >= 15 is 0 Å². The Morgan fingerprint density at radius 2 is 1.36 bits per heavy atom. The summed E-state index contributed by atoms with van der Waals surface area (Å²) in [5.41, 5.74) is 1.26. The van der Waals surface area contributed by atoms with Gasteiger partial charge in [-0.25, -0.2) is 4.79 Å². The van der Waals surface area contributed by atoms with Gasteiger partial charge in [-0.2, -0.15) is 0 Å². The first-order valence-electron chi connectivity index (χ1n) is 6.69. The number of rotatable bonds is 6. The van der Waals surface area contributed by atoms with Crippen molar-refractivity contribution >= 4 is 5.97 Å². The largest absolute Gasteiger partial charge is 0.497 e. The summed E-state index contributed by atoms with van der Waals surface area (Å²) in [4.78, 5) is 12.1. The van der Waals surface area contributed by atoms with Crippen molar-refractivity contribution in [2.45, 2.75) is 6.61 Å². The molecule has 0 amide bonds. The zero-order valence-electron chi connectivity index (χ0n) is 12.8. The molecular formula is C17H18O5. The molecule has 0 atom stereocenters. The van der Waals surface area contributed by atoms with Crippen LogP contribution in [0.4, 0.5) is 0 Å².